The Bertz CT molecular complexity index is 600. The molecule has 3 heterocycles. The van der Waals surface area contributed by atoms with E-state index in [0.717, 1.165) is 0 Å². The molecule has 2 aliphatic heterocycles. The fourth-order valence-electron chi connectivity index (χ4n) is 2.94. The van der Waals surface area contributed by atoms with Crippen molar-refractivity contribution in [1.29, 1.82) is 0 Å². The van der Waals surface area contributed by atoms with Gasteiger partial charge in [0.15, 0.2) is 6.23 Å². The van der Waals surface area contributed by atoms with Crippen LogP contribution in [0.5, 0.6) is 0 Å². The Kier molecular flexibility index (Phi) is 2.89. The molecule has 2 aliphatic rings. The minimum atomic E-state index is -0.760. The first-order valence-corrected chi connectivity index (χ1v) is 6.69. The van der Waals surface area contributed by atoms with Gasteiger partial charge in [0.2, 0.25) is 0 Å². The lowest BCUT2D eigenvalue weighted by atomic mass is 9.87. The molecule has 0 aliphatic carbocycles. The Morgan fingerprint density at radius 3 is 2.90 bits per heavy atom. The molecule has 4 atom stereocenters. The second-order valence-electron chi connectivity index (χ2n) is 5.84. The zero-order valence-electron chi connectivity index (χ0n) is 11.7. The Labute approximate surface area is 116 Å². The van der Waals surface area contributed by atoms with E-state index in [9.17, 15) is 9.90 Å². The number of rotatable bonds is 2. The summed E-state index contributed by atoms with van der Waals surface area (Å²) in [5.74, 6) is 0.278. The molecule has 7 nitrogen and oxygen atoms in total. The SMILES string of the molecule is Cc1cn([C@@H]2O[C@@]3(C(C)C)COC2C3O)c(=O)nc1N. The normalized spacial score (nSPS) is 36.0. The fraction of sp³-hybridized carbons (Fsp3) is 0.692. The van der Waals surface area contributed by atoms with Crippen LogP contribution >= 0.6 is 0 Å². The van der Waals surface area contributed by atoms with Crippen LogP contribution in [0.3, 0.4) is 0 Å². The highest BCUT2D eigenvalue weighted by Gasteiger charge is 2.63. The maximum absolute atomic E-state index is 12.0. The predicted octanol–water partition coefficient (Wildman–Crippen LogP) is -0.183. The van der Waals surface area contributed by atoms with Gasteiger partial charge in [-0.2, -0.15) is 4.98 Å². The molecule has 3 rings (SSSR count). The van der Waals surface area contributed by atoms with E-state index in [0.29, 0.717) is 12.2 Å². The number of aliphatic hydroxyl groups excluding tert-OH is 1. The number of aryl methyl sites for hydroxylation is 1. The number of aromatic nitrogens is 2. The standard InChI is InChI=1S/C13H19N3O4/c1-6(2)13-5-19-8(9(13)17)11(20-13)16-4-7(3)10(14)15-12(16)18/h4,6,8-9,11,17H,5H2,1-3H3,(H2,14,15,18)/t8?,9?,11-,13-/m1/s1. The predicted molar refractivity (Wildman–Crippen MR) is 71.1 cm³/mol. The van der Waals surface area contributed by atoms with E-state index in [1.165, 1.54) is 4.57 Å². The van der Waals surface area contributed by atoms with Gasteiger partial charge in [0.1, 0.15) is 23.6 Å². The number of nitrogens with zero attached hydrogens (tertiary/aromatic N) is 2. The minimum Gasteiger partial charge on any atom is -0.387 e. The van der Waals surface area contributed by atoms with Crippen LogP contribution in [0.15, 0.2) is 11.0 Å². The third-order valence-electron chi connectivity index (χ3n) is 4.36. The molecule has 0 radical (unpaired) electrons. The first-order valence-electron chi connectivity index (χ1n) is 6.69. The van der Waals surface area contributed by atoms with Crippen molar-refractivity contribution < 1.29 is 14.6 Å². The summed E-state index contributed by atoms with van der Waals surface area (Å²) in [5, 5.41) is 10.4. The molecule has 0 saturated carbocycles. The summed E-state index contributed by atoms with van der Waals surface area (Å²) >= 11 is 0. The molecule has 2 bridgehead atoms. The zero-order valence-corrected chi connectivity index (χ0v) is 11.7. The van der Waals surface area contributed by atoms with Gasteiger partial charge in [-0.25, -0.2) is 4.79 Å². The second-order valence-corrected chi connectivity index (χ2v) is 5.84. The first kappa shape index (κ1) is 13.5. The highest BCUT2D eigenvalue weighted by molar-refractivity contribution is 5.35. The van der Waals surface area contributed by atoms with Gasteiger partial charge >= 0.3 is 5.69 Å². The van der Waals surface area contributed by atoms with Crippen LogP contribution in [0, 0.1) is 12.8 Å². The number of hydrogen-bond donors (Lipinski definition) is 2. The van der Waals surface area contributed by atoms with Crippen molar-refractivity contribution >= 4 is 5.82 Å². The van der Waals surface area contributed by atoms with Gasteiger partial charge < -0.3 is 20.3 Å². The van der Waals surface area contributed by atoms with Crippen LogP contribution in [-0.2, 0) is 9.47 Å². The Balaban J connectivity index is 2.02. The topological polar surface area (TPSA) is 99.6 Å². The van der Waals surface area contributed by atoms with Crippen LogP contribution in [0.25, 0.3) is 0 Å². The van der Waals surface area contributed by atoms with E-state index in [4.69, 9.17) is 15.2 Å². The summed E-state index contributed by atoms with van der Waals surface area (Å²) in [6.45, 7) is 6.03. The van der Waals surface area contributed by atoms with E-state index in [-0.39, 0.29) is 11.7 Å². The number of anilines is 1. The monoisotopic (exact) mass is 281 g/mol. The van der Waals surface area contributed by atoms with Gasteiger partial charge in [-0.05, 0) is 12.8 Å². The van der Waals surface area contributed by atoms with Crippen molar-refractivity contribution in [2.45, 2.75) is 44.8 Å². The molecule has 2 unspecified atom stereocenters. The minimum absolute atomic E-state index is 0.0750. The molecule has 0 aromatic carbocycles. The van der Waals surface area contributed by atoms with Crippen molar-refractivity contribution in [3.8, 4) is 0 Å². The third kappa shape index (κ3) is 1.63. The molecule has 2 fully saturated rings. The van der Waals surface area contributed by atoms with Gasteiger partial charge in [0.05, 0.1) is 6.61 Å². The Morgan fingerprint density at radius 2 is 2.30 bits per heavy atom. The van der Waals surface area contributed by atoms with Crippen LogP contribution in [0.1, 0.15) is 25.6 Å². The van der Waals surface area contributed by atoms with Crippen LogP contribution in [0.4, 0.5) is 5.82 Å². The number of ether oxygens (including phenoxy) is 2. The average molecular weight is 281 g/mol. The maximum atomic E-state index is 12.0. The van der Waals surface area contributed by atoms with Crippen LogP contribution < -0.4 is 11.4 Å². The maximum Gasteiger partial charge on any atom is 0.351 e. The molecule has 0 amide bonds. The second kappa shape index (κ2) is 4.28. The molecule has 20 heavy (non-hydrogen) atoms. The van der Waals surface area contributed by atoms with Gasteiger partial charge in [0, 0.05) is 11.8 Å². The first-order chi connectivity index (χ1) is 9.36. The van der Waals surface area contributed by atoms with E-state index in [1.807, 2.05) is 13.8 Å². The zero-order chi connectivity index (χ0) is 14.7. The highest BCUT2D eigenvalue weighted by Crippen LogP contribution is 2.48. The number of hydrogen-bond acceptors (Lipinski definition) is 6. The highest BCUT2D eigenvalue weighted by atomic mass is 16.6. The van der Waals surface area contributed by atoms with Crippen molar-refractivity contribution in [3.63, 3.8) is 0 Å². The lowest BCUT2D eigenvalue weighted by Gasteiger charge is -2.34. The van der Waals surface area contributed by atoms with Gasteiger partial charge in [0.25, 0.3) is 0 Å². The molecule has 7 heteroatoms. The van der Waals surface area contributed by atoms with E-state index >= 15 is 0 Å². The van der Waals surface area contributed by atoms with Crippen molar-refractivity contribution in [2.24, 2.45) is 5.92 Å². The molecule has 2 saturated heterocycles. The quantitative estimate of drug-likeness (QED) is 0.780. The number of aliphatic hydroxyl groups is 1. The summed E-state index contributed by atoms with van der Waals surface area (Å²) in [5.41, 5.74) is 5.04. The molecule has 110 valence electrons. The summed E-state index contributed by atoms with van der Waals surface area (Å²) in [6, 6.07) is 0. The number of nitrogens with two attached hydrogens (primary N) is 1. The molecular weight excluding hydrogens is 262 g/mol. The Morgan fingerprint density at radius 1 is 1.60 bits per heavy atom. The lowest BCUT2D eigenvalue weighted by Crippen LogP contribution is -2.45. The van der Waals surface area contributed by atoms with Gasteiger partial charge in [-0.3, -0.25) is 4.57 Å². The van der Waals surface area contributed by atoms with Gasteiger partial charge in [-0.15, -0.1) is 0 Å². The summed E-state index contributed by atoms with van der Waals surface area (Å²) in [6.07, 6.45) is -0.377. The van der Waals surface area contributed by atoms with Crippen LogP contribution in [0.2, 0.25) is 0 Å². The van der Waals surface area contributed by atoms with Crippen molar-refractivity contribution in [2.75, 3.05) is 12.3 Å². The molecular formula is C13H19N3O4. The average Bonchev–Trinajstić information content (AvgIpc) is 2.86. The van der Waals surface area contributed by atoms with Gasteiger partial charge in [-0.1, -0.05) is 13.8 Å². The number of fused-ring (bicyclic) bond motifs is 2. The summed E-state index contributed by atoms with van der Waals surface area (Å²) in [4.78, 5) is 15.8. The summed E-state index contributed by atoms with van der Waals surface area (Å²) in [7, 11) is 0. The van der Waals surface area contributed by atoms with E-state index in [1.54, 1.807) is 13.1 Å². The molecule has 1 aromatic heterocycles. The van der Waals surface area contributed by atoms with E-state index in [2.05, 4.69) is 4.98 Å². The largest absolute Gasteiger partial charge is 0.387 e. The van der Waals surface area contributed by atoms with Crippen molar-refractivity contribution in [3.05, 3.63) is 22.2 Å². The smallest absolute Gasteiger partial charge is 0.351 e. The fourth-order valence-corrected chi connectivity index (χ4v) is 2.94. The van der Waals surface area contributed by atoms with Crippen molar-refractivity contribution in [1.82, 2.24) is 9.55 Å². The summed E-state index contributed by atoms with van der Waals surface area (Å²) < 4.78 is 13.0. The molecule has 0 spiro atoms. The Hall–Kier alpha value is -1.44. The molecule has 3 N–H and O–H groups in total. The number of nitrogen functional groups attached to an aromatic ring is 1. The lowest BCUT2D eigenvalue weighted by molar-refractivity contribution is -0.190. The third-order valence-corrected chi connectivity index (χ3v) is 4.36. The van der Waals surface area contributed by atoms with E-state index < -0.39 is 29.7 Å². The molecule has 1 aromatic rings. The van der Waals surface area contributed by atoms with Crippen LogP contribution in [-0.4, -0.2) is 39.1 Å².